The molecule has 0 amide bonds. The number of hydrogen-bond acceptors (Lipinski definition) is 3. The highest BCUT2D eigenvalue weighted by molar-refractivity contribution is 7.90. The molecule has 0 spiro atoms. The molecule has 3 nitrogen and oxygen atoms in total. The highest BCUT2D eigenvalue weighted by Crippen LogP contribution is 2.42. The standard InChI is InChI=1S/C14H29NO2S/c1-11-6-7-12(13(15)10-11)14(2,3)8-5-9-18(4,16)17/h11-13H,5-10,15H2,1-4H3. The maximum atomic E-state index is 11.2. The van der Waals surface area contributed by atoms with Gasteiger partial charge in [-0.25, -0.2) is 8.42 Å². The first-order chi connectivity index (χ1) is 8.12. The van der Waals surface area contributed by atoms with E-state index in [0.717, 1.165) is 25.2 Å². The van der Waals surface area contributed by atoms with Crippen LogP contribution in [0.15, 0.2) is 0 Å². The summed E-state index contributed by atoms with van der Waals surface area (Å²) in [5.74, 6) is 1.57. The van der Waals surface area contributed by atoms with Gasteiger partial charge in [-0.3, -0.25) is 0 Å². The zero-order valence-corrected chi connectivity index (χ0v) is 13.1. The zero-order chi connectivity index (χ0) is 14.0. The molecule has 1 rings (SSSR count). The van der Waals surface area contributed by atoms with E-state index >= 15 is 0 Å². The summed E-state index contributed by atoms with van der Waals surface area (Å²) in [6.07, 6.45) is 6.58. The molecule has 108 valence electrons. The molecule has 0 aromatic heterocycles. The first kappa shape index (κ1) is 16.0. The third-order valence-electron chi connectivity index (χ3n) is 4.50. The largest absolute Gasteiger partial charge is 0.327 e. The topological polar surface area (TPSA) is 60.2 Å². The summed E-state index contributed by atoms with van der Waals surface area (Å²) < 4.78 is 22.4. The van der Waals surface area contributed by atoms with E-state index in [0.29, 0.717) is 11.7 Å². The molecule has 0 heterocycles. The van der Waals surface area contributed by atoms with Crippen LogP contribution < -0.4 is 5.73 Å². The van der Waals surface area contributed by atoms with Gasteiger partial charge in [-0.2, -0.15) is 0 Å². The van der Waals surface area contributed by atoms with Crippen LogP contribution in [0.3, 0.4) is 0 Å². The van der Waals surface area contributed by atoms with Gasteiger partial charge in [0.15, 0.2) is 0 Å². The van der Waals surface area contributed by atoms with E-state index in [4.69, 9.17) is 5.73 Å². The lowest BCUT2D eigenvalue weighted by molar-refractivity contribution is 0.104. The van der Waals surface area contributed by atoms with Gasteiger partial charge in [-0.05, 0) is 42.9 Å². The van der Waals surface area contributed by atoms with Crippen molar-refractivity contribution in [3.05, 3.63) is 0 Å². The van der Waals surface area contributed by atoms with Crippen LogP contribution in [-0.2, 0) is 9.84 Å². The van der Waals surface area contributed by atoms with Gasteiger partial charge in [0.05, 0.1) is 0 Å². The molecule has 0 aromatic rings. The second-order valence-electron chi connectivity index (χ2n) is 6.91. The summed E-state index contributed by atoms with van der Waals surface area (Å²) in [5.41, 5.74) is 6.45. The van der Waals surface area contributed by atoms with Crippen LogP contribution >= 0.6 is 0 Å². The molecular formula is C14H29NO2S. The molecule has 0 saturated heterocycles. The molecule has 18 heavy (non-hydrogen) atoms. The van der Waals surface area contributed by atoms with E-state index in [9.17, 15) is 8.42 Å². The number of rotatable bonds is 5. The maximum Gasteiger partial charge on any atom is 0.147 e. The molecule has 0 aliphatic heterocycles. The first-order valence-corrected chi connectivity index (χ1v) is 9.11. The Morgan fingerprint density at radius 2 is 1.89 bits per heavy atom. The minimum Gasteiger partial charge on any atom is -0.327 e. The fourth-order valence-electron chi connectivity index (χ4n) is 3.37. The van der Waals surface area contributed by atoms with Crippen LogP contribution in [0.5, 0.6) is 0 Å². The van der Waals surface area contributed by atoms with Gasteiger partial charge < -0.3 is 5.73 Å². The minimum atomic E-state index is -2.83. The second kappa shape index (κ2) is 5.91. The van der Waals surface area contributed by atoms with Crippen LogP contribution in [-0.4, -0.2) is 26.5 Å². The quantitative estimate of drug-likeness (QED) is 0.839. The van der Waals surface area contributed by atoms with Gasteiger partial charge in [0.1, 0.15) is 9.84 Å². The summed E-state index contributed by atoms with van der Waals surface area (Å²) in [5, 5.41) is 0. The molecule has 4 heteroatoms. The Balaban J connectivity index is 2.52. The average molecular weight is 275 g/mol. The van der Waals surface area contributed by atoms with Crippen molar-refractivity contribution < 1.29 is 8.42 Å². The van der Waals surface area contributed by atoms with Crippen molar-refractivity contribution >= 4 is 9.84 Å². The molecule has 2 N–H and O–H groups in total. The Bertz CT molecular complexity index is 362. The van der Waals surface area contributed by atoms with Crippen molar-refractivity contribution in [2.24, 2.45) is 23.0 Å². The Kier molecular flexibility index (Phi) is 5.24. The predicted octanol–water partition coefficient (Wildman–Crippen LogP) is 2.60. The van der Waals surface area contributed by atoms with Gasteiger partial charge in [-0.1, -0.05) is 27.2 Å². The van der Waals surface area contributed by atoms with Crippen LogP contribution in [0.4, 0.5) is 0 Å². The molecule has 3 atom stereocenters. The van der Waals surface area contributed by atoms with Crippen molar-refractivity contribution in [3.63, 3.8) is 0 Å². The summed E-state index contributed by atoms with van der Waals surface area (Å²) in [4.78, 5) is 0. The van der Waals surface area contributed by atoms with Crippen molar-refractivity contribution in [1.29, 1.82) is 0 Å². The molecule has 1 saturated carbocycles. The van der Waals surface area contributed by atoms with Crippen molar-refractivity contribution in [3.8, 4) is 0 Å². The fourth-order valence-corrected chi connectivity index (χ4v) is 4.04. The van der Waals surface area contributed by atoms with Crippen LogP contribution in [0.1, 0.15) is 52.9 Å². The summed E-state index contributed by atoms with van der Waals surface area (Å²) >= 11 is 0. The zero-order valence-electron chi connectivity index (χ0n) is 12.3. The van der Waals surface area contributed by atoms with E-state index in [-0.39, 0.29) is 11.5 Å². The molecule has 1 fully saturated rings. The van der Waals surface area contributed by atoms with Crippen molar-refractivity contribution in [2.75, 3.05) is 12.0 Å². The van der Waals surface area contributed by atoms with E-state index < -0.39 is 9.84 Å². The first-order valence-electron chi connectivity index (χ1n) is 7.05. The van der Waals surface area contributed by atoms with Gasteiger partial charge in [0, 0.05) is 18.1 Å². The van der Waals surface area contributed by atoms with Gasteiger partial charge in [0.25, 0.3) is 0 Å². The van der Waals surface area contributed by atoms with Gasteiger partial charge in [-0.15, -0.1) is 0 Å². The van der Waals surface area contributed by atoms with Gasteiger partial charge >= 0.3 is 0 Å². The molecule has 0 aromatic carbocycles. The van der Waals surface area contributed by atoms with Crippen LogP contribution in [0.2, 0.25) is 0 Å². The lowest BCUT2D eigenvalue weighted by Crippen LogP contribution is -2.43. The summed E-state index contributed by atoms with van der Waals surface area (Å²) in [6, 6.07) is 0.280. The normalized spacial score (nSPS) is 30.4. The number of hydrogen-bond donors (Lipinski definition) is 1. The van der Waals surface area contributed by atoms with E-state index in [1.54, 1.807) is 0 Å². The average Bonchev–Trinajstić information content (AvgIpc) is 2.13. The Labute approximate surface area is 112 Å². The minimum absolute atomic E-state index is 0.157. The molecular weight excluding hydrogens is 246 g/mol. The summed E-state index contributed by atoms with van der Waals surface area (Å²) in [7, 11) is -2.83. The maximum absolute atomic E-state index is 11.2. The lowest BCUT2D eigenvalue weighted by atomic mass is 9.65. The highest BCUT2D eigenvalue weighted by atomic mass is 32.2. The molecule has 1 aliphatic rings. The van der Waals surface area contributed by atoms with E-state index in [1.165, 1.54) is 19.1 Å². The van der Waals surface area contributed by atoms with Crippen LogP contribution in [0.25, 0.3) is 0 Å². The summed E-state index contributed by atoms with van der Waals surface area (Å²) in [6.45, 7) is 6.76. The smallest absolute Gasteiger partial charge is 0.147 e. The number of sulfone groups is 1. The Hall–Kier alpha value is -0.0900. The van der Waals surface area contributed by atoms with Crippen molar-refractivity contribution in [2.45, 2.75) is 58.9 Å². The molecule has 0 radical (unpaired) electrons. The predicted molar refractivity (Wildman–Crippen MR) is 77.2 cm³/mol. The van der Waals surface area contributed by atoms with Crippen LogP contribution in [0, 0.1) is 17.3 Å². The van der Waals surface area contributed by atoms with Gasteiger partial charge in [0.2, 0.25) is 0 Å². The Morgan fingerprint density at radius 3 is 2.39 bits per heavy atom. The molecule has 3 unspecified atom stereocenters. The number of nitrogens with two attached hydrogens (primary N) is 1. The Morgan fingerprint density at radius 1 is 1.28 bits per heavy atom. The van der Waals surface area contributed by atoms with Crippen molar-refractivity contribution in [1.82, 2.24) is 0 Å². The third kappa shape index (κ3) is 4.88. The SMILES string of the molecule is CC1CCC(C(C)(C)CCCS(C)(=O)=O)C(N)C1. The monoisotopic (exact) mass is 275 g/mol. The van der Waals surface area contributed by atoms with E-state index in [1.807, 2.05) is 0 Å². The third-order valence-corrected chi connectivity index (χ3v) is 5.53. The highest BCUT2D eigenvalue weighted by Gasteiger charge is 2.36. The fraction of sp³-hybridized carbons (Fsp3) is 1.00. The molecule has 0 bridgehead atoms. The molecule has 1 aliphatic carbocycles. The lowest BCUT2D eigenvalue weighted by Gasteiger charge is -2.43. The second-order valence-corrected chi connectivity index (χ2v) is 9.17. The van der Waals surface area contributed by atoms with E-state index in [2.05, 4.69) is 20.8 Å².